The number of hydrogen-bond donors (Lipinski definition) is 1. The van der Waals surface area contributed by atoms with Crippen molar-refractivity contribution in [2.45, 2.75) is 13.5 Å². The van der Waals surface area contributed by atoms with Crippen LogP contribution in [-0.2, 0) is 11.3 Å². The van der Waals surface area contributed by atoms with Crippen LogP contribution >= 0.6 is 0 Å². The molecule has 6 heteroatoms. The highest BCUT2D eigenvalue weighted by Gasteiger charge is 2.11. The maximum atomic E-state index is 5.29. The molecule has 0 aliphatic heterocycles. The summed E-state index contributed by atoms with van der Waals surface area (Å²) in [5.74, 6) is 0.626. The van der Waals surface area contributed by atoms with Crippen LogP contribution in [0.2, 0.25) is 0 Å². The highest BCUT2D eigenvalue weighted by atomic mass is 16.5. The molecule has 24 heavy (non-hydrogen) atoms. The van der Waals surface area contributed by atoms with Crippen LogP contribution in [0.1, 0.15) is 16.8 Å². The van der Waals surface area contributed by atoms with Gasteiger partial charge in [0, 0.05) is 38.8 Å². The van der Waals surface area contributed by atoms with Crippen molar-refractivity contribution in [3.63, 3.8) is 0 Å². The smallest absolute Gasteiger partial charge is 0.183 e. The Bertz CT molecular complexity index is 865. The number of aromatic nitrogens is 3. The SMILES string of the molecule is COCc1cc(C)nc2[nH]nc(N=Cc3ccc(N(C)C)cc3)c12. The van der Waals surface area contributed by atoms with Gasteiger partial charge in [-0.15, -0.1) is 0 Å². The van der Waals surface area contributed by atoms with Crippen LogP contribution < -0.4 is 4.90 Å². The van der Waals surface area contributed by atoms with E-state index in [2.05, 4.69) is 37.2 Å². The molecular formula is C18H21N5O. The minimum Gasteiger partial charge on any atom is -0.380 e. The standard InChI is InChI=1S/C18H21N5O/c1-12-9-14(11-24-4)16-17(21-22-18(16)20-12)19-10-13-5-7-15(8-6-13)23(2)3/h5-10H,11H2,1-4H3,(H,20,21,22). The number of fused-ring (bicyclic) bond motifs is 1. The van der Waals surface area contributed by atoms with Crippen molar-refractivity contribution in [1.29, 1.82) is 0 Å². The number of aryl methyl sites for hydroxylation is 1. The normalized spacial score (nSPS) is 11.5. The van der Waals surface area contributed by atoms with Crippen molar-refractivity contribution >= 4 is 28.8 Å². The van der Waals surface area contributed by atoms with Gasteiger partial charge in [0.25, 0.3) is 0 Å². The zero-order valence-corrected chi connectivity index (χ0v) is 14.4. The summed E-state index contributed by atoms with van der Waals surface area (Å²) < 4.78 is 5.29. The van der Waals surface area contributed by atoms with E-state index in [1.807, 2.05) is 45.4 Å². The van der Waals surface area contributed by atoms with Gasteiger partial charge < -0.3 is 9.64 Å². The van der Waals surface area contributed by atoms with Gasteiger partial charge in [-0.1, -0.05) is 12.1 Å². The summed E-state index contributed by atoms with van der Waals surface area (Å²) in [5.41, 5.74) is 4.86. The lowest BCUT2D eigenvalue weighted by Gasteiger charge is -2.11. The predicted molar refractivity (Wildman–Crippen MR) is 97.4 cm³/mol. The predicted octanol–water partition coefficient (Wildman–Crippen LogP) is 3.23. The van der Waals surface area contributed by atoms with Gasteiger partial charge in [-0.2, -0.15) is 5.10 Å². The van der Waals surface area contributed by atoms with Crippen molar-refractivity contribution < 1.29 is 4.74 Å². The second kappa shape index (κ2) is 6.80. The van der Waals surface area contributed by atoms with Crippen LogP contribution in [0.25, 0.3) is 11.0 Å². The topological polar surface area (TPSA) is 66.4 Å². The van der Waals surface area contributed by atoms with E-state index < -0.39 is 0 Å². The number of anilines is 1. The molecule has 1 aromatic carbocycles. The van der Waals surface area contributed by atoms with E-state index in [0.717, 1.165) is 33.5 Å². The third-order valence-corrected chi connectivity index (χ3v) is 3.77. The number of nitrogens with one attached hydrogen (secondary N) is 1. The second-order valence-electron chi connectivity index (χ2n) is 5.87. The van der Waals surface area contributed by atoms with Gasteiger partial charge in [0.2, 0.25) is 0 Å². The molecule has 2 heterocycles. The Labute approximate surface area is 141 Å². The molecule has 3 rings (SSSR count). The van der Waals surface area contributed by atoms with E-state index >= 15 is 0 Å². The van der Waals surface area contributed by atoms with Gasteiger partial charge in [0.15, 0.2) is 11.5 Å². The highest BCUT2D eigenvalue weighted by molar-refractivity contribution is 5.92. The Kier molecular flexibility index (Phi) is 4.57. The van der Waals surface area contributed by atoms with E-state index in [-0.39, 0.29) is 0 Å². The molecule has 0 saturated heterocycles. The Morgan fingerprint density at radius 3 is 2.67 bits per heavy atom. The van der Waals surface area contributed by atoms with Crippen LogP contribution in [0.3, 0.4) is 0 Å². The van der Waals surface area contributed by atoms with E-state index in [4.69, 9.17) is 4.74 Å². The third-order valence-electron chi connectivity index (χ3n) is 3.77. The molecule has 0 fully saturated rings. The molecule has 0 aliphatic carbocycles. The summed E-state index contributed by atoms with van der Waals surface area (Å²) in [6, 6.07) is 10.2. The summed E-state index contributed by atoms with van der Waals surface area (Å²) >= 11 is 0. The van der Waals surface area contributed by atoms with E-state index in [1.54, 1.807) is 7.11 Å². The Balaban J connectivity index is 1.94. The number of H-pyrrole nitrogens is 1. The molecule has 0 saturated carbocycles. The highest BCUT2D eigenvalue weighted by Crippen LogP contribution is 2.27. The van der Waals surface area contributed by atoms with E-state index in [1.165, 1.54) is 0 Å². The first-order chi connectivity index (χ1) is 11.6. The number of pyridine rings is 1. The van der Waals surface area contributed by atoms with Gasteiger partial charge >= 0.3 is 0 Å². The summed E-state index contributed by atoms with van der Waals surface area (Å²) in [6.45, 7) is 2.45. The van der Waals surface area contributed by atoms with Crippen LogP contribution in [0, 0.1) is 6.92 Å². The molecule has 1 N–H and O–H groups in total. The average Bonchev–Trinajstić information content (AvgIpc) is 2.96. The fourth-order valence-corrected chi connectivity index (χ4v) is 2.59. The summed E-state index contributed by atoms with van der Waals surface area (Å²) in [4.78, 5) is 11.1. The molecule has 0 spiro atoms. The molecule has 0 aliphatic rings. The van der Waals surface area contributed by atoms with Crippen molar-refractivity contribution in [2.24, 2.45) is 4.99 Å². The van der Waals surface area contributed by atoms with Crippen molar-refractivity contribution in [2.75, 3.05) is 26.1 Å². The van der Waals surface area contributed by atoms with Crippen molar-refractivity contribution in [3.8, 4) is 0 Å². The zero-order chi connectivity index (χ0) is 17.1. The summed E-state index contributed by atoms with van der Waals surface area (Å²) in [7, 11) is 5.72. The number of methoxy groups -OCH3 is 1. The number of benzene rings is 1. The third kappa shape index (κ3) is 3.28. The van der Waals surface area contributed by atoms with Gasteiger partial charge in [0.1, 0.15) is 0 Å². The minimum absolute atomic E-state index is 0.499. The minimum atomic E-state index is 0.499. The Morgan fingerprint density at radius 2 is 2.00 bits per heavy atom. The van der Waals surface area contributed by atoms with Crippen molar-refractivity contribution in [3.05, 3.63) is 47.2 Å². The number of hydrogen-bond acceptors (Lipinski definition) is 5. The Hall–Kier alpha value is -2.73. The first-order valence-electron chi connectivity index (χ1n) is 7.73. The fourth-order valence-electron chi connectivity index (χ4n) is 2.59. The average molecular weight is 323 g/mol. The van der Waals surface area contributed by atoms with Gasteiger partial charge in [-0.05, 0) is 36.2 Å². The maximum Gasteiger partial charge on any atom is 0.183 e. The molecule has 124 valence electrons. The van der Waals surface area contributed by atoms with Crippen LogP contribution in [0.4, 0.5) is 11.5 Å². The van der Waals surface area contributed by atoms with E-state index in [9.17, 15) is 0 Å². The van der Waals surface area contributed by atoms with Gasteiger partial charge in [-0.25, -0.2) is 9.98 Å². The zero-order valence-electron chi connectivity index (χ0n) is 14.4. The number of aliphatic imine (C=N–C) groups is 1. The monoisotopic (exact) mass is 323 g/mol. The maximum absolute atomic E-state index is 5.29. The number of aromatic amines is 1. The lowest BCUT2D eigenvalue weighted by Crippen LogP contribution is -2.08. The van der Waals surface area contributed by atoms with Crippen LogP contribution in [-0.4, -0.2) is 42.6 Å². The lowest BCUT2D eigenvalue weighted by atomic mass is 10.1. The number of ether oxygens (including phenoxy) is 1. The largest absolute Gasteiger partial charge is 0.380 e. The summed E-state index contributed by atoms with van der Waals surface area (Å²) in [6.07, 6.45) is 1.81. The van der Waals surface area contributed by atoms with Crippen LogP contribution in [0.15, 0.2) is 35.3 Å². The number of rotatable bonds is 5. The quantitative estimate of drug-likeness (QED) is 0.732. The lowest BCUT2D eigenvalue weighted by molar-refractivity contribution is 0.186. The molecule has 0 unspecified atom stereocenters. The molecule has 0 radical (unpaired) electrons. The molecular weight excluding hydrogens is 302 g/mol. The molecule has 0 amide bonds. The molecule has 6 nitrogen and oxygen atoms in total. The second-order valence-corrected chi connectivity index (χ2v) is 5.87. The van der Waals surface area contributed by atoms with Crippen LogP contribution in [0.5, 0.6) is 0 Å². The molecule has 0 atom stereocenters. The van der Waals surface area contributed by atoms with Crippen molar-refractivity contribution in [1.82, 2.24) is 15.2 Å². The van der Waals surface area contributed by atoms with E-state index in [0.29, 0.717) is 12.4 Å². The molecule has 0 bridgehead atoms. The van der Waals surface area contributed by atoms with Gasteiger partial charge in [-0.3, -0.25) is 5.10 Å². The molecule has 2 aromatic heterocycles. The first-order valence-corrected chi connectivity index (χ1v) is 7.73. The fraction of sp³-hybridized carbons (Fsp3) is 0.278. The molecule has 3 aromatic rings. The first kappa shape index (κ1) is 16.1. The number of nitrogens with zero attached hydrogens (tertiary/aromatic N) is 4. The van der Waals surface area contributed by atoms with Gasteiger partial charge in [0.05, 0.1) is 12.0 Å². The Morgan fingerprint density at radius 1 is 1.25 bits per heavy atom. The summed E-state index contributed by atoms with van der Waals surface area (Å²) in [5, 5.41) is 8.15.